The first-order valence-electron chi connectivity index (χ1n) is 6.12. The van der Waals surface area contributed by atoms with Crippen molar-refractivity contribution >= 4 is 20.4 Å². The highest BCUT2D eigenvalue weighted by atomic mass is 32.2. The molecule has 1 atom stereocenters. The number of carbonyl (C=O) groups is 1. The van der Waals surface area contributed by atoms with E-state index in [0.29, 0.717) is 10.5 Å². The van der Waals surface area contributed by atoms with Crippen molar-refractivity contribution in [2.45, 2.75) is 4.90 Å². The van der Waals surface area contributed by atoms with Crippen LogP contribution in [0.5, 0.6) is 0 Å². The number of ether oxygens (including phenoxy) is 1. The molecule has 0 N–H and O–H groups in total. The second kappa shape index (κ2) is 5.92. The largest absolute Gasteiger partial charge is 0.465 e. The molecule has 3 nitrogen and oxygen atoms in total. The minimum Gasteiger partial charge on any atom is -0.465 e. The molecule has 2 rings (SSSR count). The van der Waals surface area contributed by atoms with Gasteiger partial charge in [-0.15, -0.1) is 0 Å². The zero-order valence-electron chi connectivity index (χ0n) is 11.4. The van der Waals surface area contributed by atoms with Crippen LogP contribution < -0.4 is 0 Å². The lowest BCUT2D eigenvalue weighted by atomic mass is 10.1. The molecule has 0 radical (unpaired) electrons. The maximum absolute atomic E-state index is 13.2. The van der Waals surface area contributed by atoms with Gasteiger partial charge in [0, 0.05) is 20.7 Å². The van der Waals surface area contributed by atoms with Gasteiger partial charge in [0.1, 0.15) is 4.86 Å². The molecule has 104 valence electrons. The molecule has 1 unspecified atom stereocenters. The molecule has 0 aliphatic rings. The highest BCUT2D eigenvalue weighted by molar-refractivity contribution is 8.03. The molecule has 2 aromatic rings. The molecule has 0 bridgehead atoms. The molecule has 4 heteroatoms. The number of esters is 1. The van der Waals surface area contributed by atoms with Gasteiger partial charge in [-0.1, -0.05) is 48.5 Å². The maximum atomic E-state index is 13.2. The fourth-order valence-electron chi connectivity index (χ4n) is 1.98. The van der Waals surface area contributed by atoms with Crippen molar-refractivity contribution in [3.63, 3.8) is 0 Å². The number of hydrogen-bond acceptors (Lipinski definition) is 3. The van der Waals surface area contributed by atoms with E-state index in [2.05, 4.69) is 0 Å². The van der Waals surface area contributed by atoms with Crippen LogP contribution in [0.3, 0.4) is 0 Å². The number of hydrogen-bond donors (Lipinski definition) is 0. The highest BCUT2D eigenvalue weighted by Crippen LogP contribution is 2.15. The van der Waals surface area contributed by atoms with Gasteiger partial charge < -0.3 is 4.74 Å². The van der Waals surface area contributed by atoms with Gasteiger partial charge in [-0.25, -0.2) is 4.79 Å². The second-order valence-corrected chi connectivity index (χ2v) is 6.91. The first-order valence-corrected chi connectivity index (χ1v) is 8.09. The lowest BCUT2D eigenvalue weighted by molar-refractivity contribution is -0.132. The Hall–Kier alpha value is -2.07. The average molecular weight is 288 g/mol. The third-order valence-corrected chi connectivity index (χ3v) is 5.34. The third-order valence-electron chi connectivity index (χ3n) is 2.99. The SMILES string of the molecule is COC(=O)C(c1ccccc1)=S(C)(=O)c1ccccc1. The molecule has 0 aliphatic carbocycles. The van der Waals surface area contributed by atoms with Crippen molar-refractivity contribution in [1.82, 2.24) is 0 Å². The minimum atomic E-state index is -2.67. The van der Waals surface area contributed by atoms with Crippen molar-refractivity contribution < 1.29 is 13.7 Å². The normalized spacial score (nSPS) is 13.3. The Labute approximate surface area is 119 Å². The summed E-state index contributed by atoms with van der Waals surface area (Å²) in [5.41, 5.74) is 0.621. The Morgan fingerprint density at radius 2 is 1.45 bits per heavy atom. The zero-order valence-corrected chi connectivity index (χ0v) is 12.2. The van der Waals surface area contributed by atoms with Crippen LogP contribution in [0.1, 0.15) is 5.56 Å². The Kier molecular flexibility index (Phi) is 4.25. The van der Waals surface area contributed by atoms with Crippen molar-refractivity contribution in [3.8, 4) is 0 Å². The predicted molar refractivity (Wildman–Crippen MR) is 81.3 cm³/mol. The topological polar surface area (TPSA) is 43.4 Å². The molecule has 0 aliphatic heterocycles. The number of benzene rings is 2. The highest BCUT2D eigenvalue weighted by Gasteiger charge is 2.22. The number of carbonyl (C=O) groups excluding carboxylic acids is 1. The summed E-state index contributed by atoms with van der Waals surface area (Å²) in [6.45, 7) is 0. The fraction of sp³-hybridized carbons (Fsp3) is 0.125. The molecule has 0 spiro atoms. The second-order valence-electron chi connectivity index (χ2n) is 4.34. The van der Waals surface area contributed by atoms with Crippen LogP contribution in [0.2, 0.25) is 0 Å². The number of rotatable bonds is 3. The summed E-state index contributed by atoms with van der Waals surface area (Å²) in [5, 5.41) is 0. The minimum absolute atomic E-state index is 0.201. The summed E-state index contributed by atoms with van der Waals surface area (Å²) in [6, 6.07) is 17.9. The van der Waals surface area contributed by atoms with Crippen LogP contribution in [0.4, 0.5) is 0 Å². The van der Waals surface area contributed by atoms with Gasteiger partial charge in [-0.3, -0.25) is 4.21 Å². The van der Waals surface area contributed by atoms with E-state index in [4.69, 9.17) is 4.74 Å². The van der Waals surface area contributed by atoms with Gasteiger partial charge >= 0.3 is 5.97 Å². The third kappa shape index (κ3) is 2.75. The summed E-state index contributed by atoms with van der Waals surface area (Å²) in [6.07, 6.45) is 1.57. The Morgan fingerprint density at radius 1 is 0.950 bits per heavy atom. The summed E-state index contributed by atoms with van der Waals surface area (Å²) >= 11 is 0. The molecule has 20 heavy (non-hydrogen) atoms. The first-order chi connectivity index (χ1) is 9.57. The van der Waals surface area contributed by atoms with E-state index in [1.165, 1.54) is 7.11 Å². The van der Waals surface area contributed by atoms with Crippen molar-refractivity contribution in [2.75, 3.05) is 13.4 Å². The summed E-state index contributed by atoms with van der Waals surface area (Å²) in [5.74, 6) is -0.562. The zero-order chi connectivity index (χ0) is 14.6. The lowest BCUT2D eigenvalue weighted by Gasteiger charge is -2.13. The van der Waals surface area contributed by atoms with Crippen molar-refractivity contribution in [2.24, 2.45) is 0 Å². The van der Waals surface area contributed by atoms with Gasteiger partial charge in [0.25, 0.3) is 0 Å². The van der Waals surface area contributed by atoms with Gasteiger partial charge in [0.15, 0.2) is 0 Å². The van der Waals surface area contributed by atoms with Crippen LogP contribution in [0, 0.1) is 0 Å². The molecule has 0 amide bonds. The van der Waals surface area contributed by atoms with E-state index >= 15 is 0 Å². The van der Waals surface area contributed by atoms with Crippen molar-refractivity contribution in [3.05, 3.63) is 66.2 Å². The lowest BCUT2D eigenvalue weighted by Crippen LogP contribution is -2.25. The molecule has 2 aromatic carbocycles. The molecular formula is C16H16O3S. The Bertz CT molecular complexity index is 712. The summed E-state index contributed by atoms with van der Waals surface area (Å²) in [7, 11) is -1.38. The van der Waals surface area contributed by atoms with E-state index in [1.54, 1.807) is 54.8 Å². The fourth-order valence-corrected chi connectivity index (χ4v) is 3.88. The average Bonchev–Trinajstić information content (AvgIpc) is 2.49. The molecular weight excluding hydrogens is 272 g/mol. The number of methoxy groups -OCH3 is 1. The molecule has 0 saturated heterocycles. The van der Waals surface area contributed by atoms with Crippen LogP contribution in [-0.4, -0.2) is 28.4 Å². The predicted octanol–water partition coefficient (Wildman–Crippen LogP) is 2.35. The Balaban J connectivity index is 2.77. The molecule has 0 fully saturated rings. The van der Waals surface area contributed by atoms with E-state index in [9.17, 15) is 9.00 Å². The van der Waals surface area contributed by atoms with Gasteiger partial charge in [-0.05, 0) is 17.7 Å². The molecule has 0 saturated carbocycles. The summed E-state index contributed by atoms with van der Waals surface area (Å²) < 4.78 is 18.0. The van der Waals surface area contributed by atoms with E-state index < -0.39 is 15.5 Å². The quantitative estimate of drug-likeness (QED) is 0.495. The standard InChI is InChI=1S/C16H16O3S/c1-19-16(17)15(13-9-5-3-6-10-13)20(2,18)14-11-7-4-8-12-14/h3-12H,1-2H3. The van der Waals surface area contributed by atoms with Crippen LogP contribution >= 0.6 is 0 Å². The van der Waals surface area contributed by atoms with Crippen LogP contribution in [0.25, 0.3) is 0 Å². The van der Waals surface area contributed by atoms with Gasteiger partial charge in [-0.2, -0.15) is 0 Å². The monoisotopic (exact) mass is 288 g/mol. The van der Waals surface area contributed by atoms with Crippen LogP contribution in [-0.2, 0) is 19.1 Å². The summed E-state index contributed by atoms with van der Waals surface area (Å²) in [4.78, 5) is 12.9. The van der Waals surface area contributed by atoms with E-state index in [0.717, 1.165) is 0 Å². The Morgan fingerprint density at radius 3 is 1.95 bits per heavy atom. The van der Waals surface area contributed by atoms with Crippen molar-refractivity contribution in [1.29, 1.82) is 0 Å². The maximum Gasteiger partial charge on any atom is 0.346 e. The van der Waals surface area contributed by atoms with E-state index in [1.807, 2.05) is 12.1 Å². The van der Waals surface area contributed by atoms with Gasteiger partial charge in [0.2, 0.25) is 0 Å². The van der Waals surface area contributed by atoms with Crippen LogP contribution in [0.15, 0.2) is 65.6 Å². The van der Waals surface area contributed by atoms with E-state index in [-0.39, 0.29) is 4.86 Å². The smallest absolute Gasteiger partial charge is 0.346 e. The first kappa shape index (κ1) is 14.3. The molecule has 0 aromatic heterocycles. The molecule has 0 heterocycles. The van der Waals surface area contributed by atoms with Gasteiger partial charge in [0.05, 0.1) is 7.11 Å².